The molecule has 3 aromatic rings. The molecule has 2 aromatic carbocycles. The number of aromatic nitrogens is 1. The number of rotatable bonds is 5. The van der Waals surface area contributed by atoms with E-state index in [1.165, 1.54) is 7.05 Å². The van der Waals surface area contributed by atoms with Crippen LogP contribution >= 0.6 is 11.6 Å². The number of aromatic hydroxyl groups is 1. The van der Waals surface area contributed by atoms with E-state index in [2.05, 4.69) is 15.2 Å². The molecule has 1 amide bonds. The van der Waals surface area contributed by atoms with Crippen LogP contribution in [0.2, 0.25) is 5.02 Å². The maximum Gasteiger partial charge on any atom is 0.304 e. The lowest BCUT2D eigenvalue weighted by Crippen LogP contribution is -2.21. The van der Waals surface area contributed by atoms with Crippen molar-refractivity contribution in [2.45, 2.75) is 20.0 Å². The fourth-order valence-electron chi connectivity index (χ4n) is 2.62. The van der Waals surface area contributed by atoms with E-state index in [0.29, 0.717) is 32.4 Å². The number of hydrogen-bond acceptors (Lipinski definition) is 6. The third-order valence-corrected chi connectivity index (χ3v) is 4.37. The van der Waals surface area contributed by atoms with Crippen LogP contribution in [0.4, 0.5) is 11.4 Å². The Morgan fingerprint density at radius 1 is 1.32 bits per heavy atom. The molecule has 0 saturated heterocycles. The number of halogens is 1. The molecule has 146 valence electrons. The van der Waals surface area contributed by atoms with Crippen molar-refractivity contribution in [3.63, 3.8) is 0 Å². The summed E-state index contributed by atoms with van der Waals surface area (Å²) in [4.78, 5) is 15.0. The summed E-state index contributed by atoms with van der Waals surface area (Å²) in [5.41, 5.74) is 1.80. The van der Waals surface area contributed by atoms with Gasteiger partial charge in [-0.15, -0.1) is 10.2 Å². The molecule has 0 aliphatic rings. The van der Waals surface area contributed by atoms with Crippen molar-refractivity contribution in [3.8, 4) is 11.6 Å². The summed E-state index contributed by atoms with van der Waals surface area (Å²) in [7, 11) is 1.36. The molecule has 9 heteroatoms. The second-order valence-corrected chi connectivity index (χ2v) is 6.69. The minimum absolute atomic E-state index is 0.0712. The number of anilines is 1. The Hall–Kier alpha value is -3.10. The first-order valence-electron chi connectivity index (χ1n) is 8.40. The fourth-order valence-corrected chi connectivity index (χ4v) is 2.84. The van der Waals surface area contributed by atoms with Gasteiger partial charge in [-0.25, -0.2) is 0 Å². The van der Waals surface area contributed by atoms with Crippen LogP contribution in [0.5, 0.6) is 11.6 Å². The van der Waals surface area contributed by atoms with Crippen LogP contribution in [0.3, 0.4) is 0 Å². The van der Waals surface area contributed by atoms with E-state index in [4.69, 9.17) is 16.3 Å². The Morgan fingerprint density at radius 3 is 2.75 bits per heavy atom. The molecule has 1 aromatic heterocycles. The number of aromatic amines is 1. The van der Waals surface area contributed by atoms with Crippen LogP contribution < -0.4 is 9.80 Å². The maximum absolute atomic E-state index is 12.3. The zero-order valence-corrected chi connectivity index (χ0v) is 16.2. The Bertz CT molecular complexity index is 1060. The van der Waals surface area contributed by atoms with Crippen molar-refractivity contribution < 1.29 is 14.6 Å². The lowest BCUT2D eigenvalue weighted by atomic mass is 10.2. The van der Waals surface area contributed by atoms with E-state index in [-0.39, 0.29) is 11.6 Å². The van der Waals surface area contributed by atoms with Gasteiger partial charge in [-0.1, -0.05) is 11.6 Å². The second kappa shape index (κ2) is 7.87. The van der Waals surface area contributed by atoms with E-state index in [1.807, 2.05) is 6.92 Å². The molecule has 1 unspecified atom stereocenters. The van der Waals surface area contributed by atoms with E-state index < -0.39 is 12.0 Å². The number of H-pyrrole nitrogens is 1. The number of hydrogen-bond donors (Lipinski definition) is 2. The Kier molecular flexibility index (Phi) is 5.53. The zero-order valence-electron chi connectivity index (χ0n) is 15.4. The van der Waals surface area contributed by atoms with Gasteiger partial charge in [0.1, 0.15) is 5.75 Å². The summed E-state index contributed by atoms with van der Waals surface area (Å²) in [6.45, 7) is 3.36. The summed E-state index contributed by atoms with van der Waals surface area (Å²) in [5.74, 6) is -0.363. The number of carbonyl (C=O) groups is 1. The van der Waals surface area contributed by atoms with Gasteiger partial charge < -0.3 is 25.1 Å². The predicted molar refractivity (Wildman–Crippen MR) is 108 cm³/mol. The van der Waals surface area contributed by atoms with Crippen LogP contribution in [0.1, 0.15) is 12.5 Å². The summed E-state index contributed by atoms with van der Waals surface area (Å²) in [6.07, 6.45) is -0.890. The maximum atomic E-state index is 12.3. The van der Waals surface area contributed by atoms with Crippen LogP contribution in [-0.2, 0) is 4.79 Å². The average Bonchev–Trinajstić information content (AvgIpc) is 2.96. The molecule has 1 heterocycles. The molecular weight excluding hydrogens is 384 g/mol. The molecule has 0 aliphatic carbocycles. The van der Waals surface area contributed by atoms with E-state index in [0.717, 1.165) is 5.56 Å². The van der Waals surface area contributed by atoms with Gasteiger partial charge in [0.05, 0.1) is 5.52 Å². The summed E-state index contributed by atoms with van der Waals surface area (Å²) < 4.78 is 5.62. The SMILES string of the molecule is Cc1cc(Cl)ccc1OC(C)C(=O)N=Nc1c(O)[nH]c2ccc(N(C)[O-])cc12. The van der Waals surface area contributed by atoms with Gasteiger partial charge in [0.2, 0.25) is 5.88 Å². The van der Waals surface area contributed by atoms with Gasteiger partial charge in [0.15, 0.2) is 11.8 Å². The van der Waals surface area contributed by atoms with Crippen molar-refractivity contribution in [1.82, 2.24) is 4.98 Å². The van der Waals surface area contributed by atoms with Gasteiger partial charge in [-0.3, -0.25) is 4.79 Å². The molecule has 28 heavy (non-hydrogen) atoms. The Labute approximate surface area is 166 Å². The third kappa shape index (κ3) is 4.08. The first kappa shape index (κ1) is 19.7. The van der Waals surface area contributed by atoms with Gasteiger partial charge in [-0.05, 0) is 62.9 Å². The normalized spacial score (nSPS) is 12.5. The molecule has 0 fully saturated rings. The largest absolute Gasteiger partial charge is 0.758 e. The fraction of sp³-hybridized carbons (Fsp3) is 0.211. The summed E-state index contributed by atoms with van der Waals surface area (Å²) in [6, 6.07) is 9.84. The van der Waals surface area contributed by atoms with Crippen molar-refractivity contribution in [2.75, 3.05) is 12.1 Å². The molecule has 0 saturated carbocycles. The Morgan fingerprint density at radius 2 is 2.07 bits per heavy atom. The van der Waals surface area contributed by atoms with Crippen LogP contribution in [-0.4, -0.2) is 29.1 Å². The average molecular weight is 402 g/mol. The van der Waals surface area contributed by atoms with Crippen LogP contribution in [0.15, 0.2) is 46.6 Å². The van der Waals surface area contributed by atoms with E-state index >= 15 is 0 Å². The highest BCUT2D eigenvalue weighted by Crippen LogP contribution is 2.37. The number of amides is 1. The number of carbonyl (C=O) groups excluding carboxylic acids is 1. The molecule has 0 aliphatic heterocycles. The highest BCUT2D eigenvalue weighted by Gasteiger charge is 2.17. The van der Waals surface area contributed by atoms with Crippen molar-refractivity contribution in [3.05, 3.63) is 52.2 Å². The molecule has 3 rings (SSSR count). The predicted octanol–water partition coefficient (Wildman–Crippen LogP) is 4.85. The first-order chi connectivity index (χ1) is 13.3. The number of nitrogens with one attached hydrogen (secondary N) is 1. The highest BCUT2D eigenvalue weighted by molar-refractivity contribution is 6.30. The second-order valence-electron chi connectivity index (χ2n) is 6.26. The zero-order chi connectivity index (χ0) is 20.4. The number of nitrogens with zero attached hydrogens (tertiary/aromatic N) is 3. The van der Waals surface area contributed by atoms with E-state index in [1.54, 1.807) is 43.3 Å². The molecule has 2 N–H and O–H groups in total. The number of aryl methyl sites for hydroxylation is 1. The lowest BCUT2D eigenvalue weighted by molar-refractivity contribution is -0.124. The monoisotopic (exact) mass is 401 g/mol. The van der Waals surface area contributed by atoms with Gasteiger partial charge >= 0.3 is 5.91 Å². The van der Waals surface area contributed by atoms with Crippen molar-refractivity contribution >= 4 is 39.8 Å². The third-order valence-electron chi connectivity index (χ3n) is 4.14. The van der Waals surface area contributed by atoms with Crippen LogP contribution in [0, 0.1) is 12.1 Å². The topological polar surface area (TPSA) is 113 Å². The smallest absolute Gasteiger partial charge is 0.304 e. The molecule has 0 radical (unpaired) electrons. The molecule has 8 nitrogen and oxygen atoms in total. The minimum Gasteiger partial charge on any atom is -0.758 e. The van der Waals surface area contributed by atoms with Crippen LogP contribution in [0.25, 0.3) is 10.9 Å². The van der Waals surface area contributed by atoms with Crippen molar-refractivity contribution in [2.24, 2.45) is 10.2 Å². The van der Waals surface area contributed by atoms with Crippen molar-refractivity contribution in [1.29, 1.82) is 0 Å². The molecular formula is C19H18ClN4O4-. The van der Waals surface area contributed by atoms with E-state index in [9.17, 15) is 15.1 Å². The number of benzene rings is 2. The number of fused-ring (bicyclic) bond motifs is 1. The molecule has 1 atom stereocenters. The standard InChI is InChI=1S/C19H18ClN4O4/c1-10-8-12(20)4-7-16(10)28-11(2)18(25)23-22-17-14-9-13(24(3)27)5-6-15(14)21-19(17)26/h4-9,11,21,26H,1-3H3/q-1. The quantitative estimate of drug-likeness (QED) is 0.468. The number of hydroxylamine groups is 1. The van der Waals surface area contributed by atoms with Gasteiger partial charge in [0, 0.05) is 16.1 Å². The molecule has 0 spiro atoms. The summed E-state index contributed by atoms with van der Waals surface area (Å²) >= 11 is 5.91. The first-order valence-corrected chi connectivity index (χ1v) is 8.78. The lowest BCUT2D eigenvalue weighted by Gasteiger charge is -2.24. The highest BCUT2D eigenvalue weighted by atomic mass is 35.5. The summed E-state index contributed by atoms with van der Waals surface area (Å²) in [5, 5.41) is 30.8. The van der Waals surface area contributed by atoms with Gasteiger partial charge in [-0.2, -0.15) is 0 Å². The minimum atomic E-state index is -0.890. The molecule has 0 bridgehead atoms. The number of ether oxygens (including phenoxy) is 1. The van der Waals surface area contributed by atoms with Gasteiger partial charge in [0.25, 0.3) is 0 Å². The Balaban J connectivity index is 1.81. The number of azo groups is 1.